The van der Waals surface area contributed by atoms with Gasteiger partial charge in [0.05, 0.1) is 12.1 Å². The fraction of sp³-hybridized carbons (Fsp3) is 0.462. The molecule has 1 fully saturated rings. The molecule has 0 N–H and O–H groups in total. The van der Waals surface area contributed by atoms with Crippen LogP contribution in [-0.4, -0.2) is 17.5 Å². The minimum Gasteiger partial charge on any atom is -0.284 e. The Morgan fingerprint density at radius 1 is 1.31 bits per heavy atom. The Labute approximate surface area is 105 Å². The lowest BCUT2D eigenvalue weighted by molar-refractivity contribution is 0.176. The molecule has 2 nitrogen and oxygen atoms in total. The highest BCUT2D eigenvalue weighted by Crippen LogP contribution is 2.20. The lowest BCUT2D eigenvalue weighted by Gasteiger charge is -2.31. The summed E-state index contributed by atoms with van der Waals surface area (Å²) in [6.07, 6.45) is 3.43. The van der Waals surface area contributed by atoms with Gasteiger partial charge < -0.3 is 0 Å². The average molecular weight is 279 g/mol. The number of halogens is 1. The molecular weight excluding hydrogens is 264 g/mol. The number of hydrogen-bond acceptors (Lipinski definition) is 2. The maximum Gasteiger partial charge on any atom is 0.0980 e. The van der Waals surface area contributed by atoms with E-state index in [0.717, 1.165) is 24.0 Å². The van der Waals surface area contributed by atoms with Crippen LogP contribution in [0.4, 0.5) is 0 Å². The van der Waals surface area contributed by atoms with Gasteiger partial charge in [-0.2, -0.15) is 5.26 Å². The van der Waals surface area contributed by atoms with Crippen molar-refractivity contribution in [1.82, 2.24) is 4.90 Å². The van der Waals surface area contributed by atoms with Crippen LogP contribution in [-0.2, 0) is 6.54 Å². The molecule has 84 valence electrons. The van der Waals surface area contributed by atoms with E-state index < -0.39 is 0 Å². The van der Waals surface area contributed by atoms with Crippen LogP contribution in [0, 0.1) is 11.3 Å². The van der Waals surface area contributed by atoms with Crippen LogP contribution >= 0.6 is 15.9 Å². The van der Waals surface area contributed by atoms with Gasteiger partial charge in [-0.05, 0) is 43.5 Å². The Hall–Kier alpha value is -0.850. The van der Waals surface area contributed by atoms with Crippen LogP contribution in [0.5, 0.6) is 0 Å². The van der Waals surface area contributed by atoms with E-state index in [9.17, 15) is 0 Å². The molecule has 3 heteroatoms. The zero-order valence-electron chi connectivity index (χ0n) is 9.19. The van der Waals surface area contributed by atoms with E-state index in [1.54, 1.807) is 0 Å². The zero-order valence-corrected chi connectivity index (χ0v) is 10.8. The van der Waals surface area contributed by atoms with Crippen LogP contribution in [0.1, 0.15) is 24.8 Å². The van der Waals surface area contributed by atoms with Crippen molar-refractivity contribution >= 4 is 15.9 Å². The Kier molecular flexibility index (Phi) is 3.98. The number of nitriles is 1. The molecule has 1 aromatic carbocycles. The van der Waals surface area contributed by atoms with E-state index in [2.05, 4.69) is 51.2 Å². The van der Waals surface area contributed by atoms with Gasteiger partial charge in [0.15, 0.2) is 0 Å². The van der Waals surface area contributed by atoms with Crippen LogP contribution in [0.3, 0.4) is 0 Å². The Bertz CT molecular complexity index is 380. The lowest BCUT2D eigenvalue weighted by Crippen LogP contribution is -2.37. The van der Waals surface area contributed by atoms with Crippen LogP contribution in [0.15, 0.2) is 28.7 Å². The fourth-order valence-corrected chi connectivity index (χ4v) is 2.42. The zero-order chi connectivity index (χ0) is 11.4. The standard InChI is InChI=1S/C13H15BrN2/c14-12-6-4-11(5-7-12)10-16-8-2-1-3-13(16)9-15/h4-7,13H,1-3,8,10H2. The Morgan fingerprint density at radius 2 is 2.06 bits per heavy atom. The molecule has 1 saturated heterocycles. The number of likely N-dealkylation sites (tertiary alicyclic amines) is 1. The van der Waals surface area contributed by atoms with E-state index in [4.69, 9.17) is 5.26 Å². The third-order valence-corrected chi connectivity index (χ3v) is 3.59. The molecule has 0 radical (unpaired) electrons. The number of benzene rings is 1. The number of nitrogens with zero attached hydrogens (tertiary/aromatic N) is 2. The Morgan fingerprint density at radius 3 is 2.75 bits per heavy atom. The number of hydrogen-bond donors (Lipinski definition) is 0. The molecule has 0 spiro atoms. The van der Waals surface area contributed by atoms with E-state index in [0.29, 0.717) is 0 Å². The summed E-state index contributed by atoms with van der Waals surface area (Å²) in [5, 5.41) is 9.08. The van der Waals surface area contributed by atoms with Crippen molar-refractivity contribution in [1.29, 1.82) is 5.26 Å². The lowest BCUT2D eigenvalue weighted by atomic mass is 10.0. The van der Waals surface area contributed by atoms with Crippen LogP contribution in [0.25, 0.3) is 0 Å². The van der Waals surface area contributed by atoms with Crippen molar-refractivity contribution in [2.45, 2.75) is 31.8 Å². The first-order chi connectivity index (χ1) is 7.79. The number of rotatable bonds is 2. The van der Waals surface area contributed by atoms with Crippen molar-refractivity contribution in [3.05, 3.63) is 34.3 Å². The van der Waals surface area contributed by atoms with Gasteiger partial charge >= 0.3 is 0 Å². The van der Waals surface area contributed by atoms with Gasteiger partial charge in [0.1, 0.15) is 0 Å². The maximum absolute atomic E-state index is 9.08. The predicted octanol–water partition coefficient (Wildman–Crippen LogP) is 3.33. The molecule has 0 amide bonds. The molecule has 2 rings (SSSR count). The first kappa shape index (κ1) is 11.6. The monoisotopic (exact) mass is 278 g/mol. The maximum atomic E-state index is 9.08. The highest BCUT2D eigenvalue weighted by Gasteiger charge is 2.21. The third kappa shape index (κ3) is 2.84. The average Bonchev–Trinajstić information content (AvgIpc) is 2.33. The van der Waals surface area contributed by atoms with Gasteiger partial charge in [0.2, 0.25) is 0 Å². The second-order valence-electron chi connectivity index (χ2n) is 4.24. The molecule has 1 aromatic rings. The molecule has 0 bridgehead atoms. The minimum absolute atomic E-state index is 0.109. The highest BCUT2D eigenvalue weighted by molar-refractivity contribution is 9.10. The summed E-state index contributed by atoms with van der Waals surface area (Å²) in [6, 6.07) is 10.9. The van der Waals surface area contributed by atoms with Gasteiger partial charge in [-0.1, -0.05) is 28.1 Å². The summed E-state index contributed by atoms with van der Waals surface area (Å²) in [4.78, 5) is 2.28. The first-order valence-corrected chi connectivity index (χ1v) is 6.47. The second-order valence-corrected chi connectivity index (χ2v) is 5.15. The van der Waals surface area contributed by atoms with E-state index >= 15 is 0 Å². The van der Waals surface area contributed by atoms with Crippen LogP contribution < -0.4 is 0 Å². The Balaban J connectivity index is 2.02. The fourth-order valence-electron chi connectivity index (χ4n) is 2.15. The molecule has 1 aliphatic rings. The molecule has 1 aliphatic heterocycles. The molecule has 1 unspecified atom stereocenters. The van der Waals surface area contributed by atoms with Crippen LogP contribution in [0.2, 0.25) is 0 Å². The van der Waals surface area contributed by atoms with Gasteiger partial charge in [-0.15, -0.1) is 0 Å². The van der Waals surface area contributed by atoms with Gasteiger partial charge in [-0.25, -0.2) is 0 Å². The summed E-state index contributed by atoms with van der Waals surface area (Å²) >= 11 is 3.43. The topological polar surface area (TPSA) is 27.0 Å². The van der Waals surface area contributed by atoms with E-state index in [1.165, 1.54) is 18.4 Å². The summed E-state index contributed by atoms with van der Waals surface area (Å²) in [6.45, 7) is 1.94. The van der Waals surface area contributed by atoms with E-state index in [-0.39, 0.29) is 6.04 Å². The number of piperidine rings is 1. The summed E-state index contributed by atoms with van der Waals surface area (Å²) < 4.78 is 1.10. The molecule has 0 aliphatic carbocycles. The van der Waals surface area contributed by atoms with Crippen molar-refractivity contribution < 1.29 is 0 Å². The van der Waals surface area contributed by atoms with Gasteiger partial charge in [0.25, 0.3) is 0 Å². The third-order valence-electron chi connectivity index (χ3n) is 3.06. The quantitative estimate of drug-likeness (QED) is 0.830. The molecular formula is C13H15BrN2. The summed E-state index contributed by atoms with van der Waals surface area (Å²) in [5.41, 5.74) is 1.28. The van der Waals surface area contributed by atoms with Gasteiger partial charge in [-0.3, -0.25) is 4.90 Å². The SMILES string of the molecule is N#CC1CCCCN1Cc1ccc(Br)cc1. The molecule has 0 aromatic heterocycles. The summed E-state index contributed by atoms with van der Waals surface area (Å²) in [5.74, 6) is 0. The first-order valence-electron chi connectivity index (χ1n) is 5.68. The summed E-state index contributed by atoms with van der Waals surface area (Å²) in [7, 11) is 0. The second kappa shape index (κ2) is 5.47. The van der Waals surface area contributed by atoms with Crippen molar-refractivity contribution in [2.24, 2.45) is 0 Å². The largest absolute Gasteiger partial charge is 0.284 e. The van der Waals surface area contributed by atoms with Crippen molar-refractivity contribution in [2.75, 3.05) is 6.54 Å². The molecule has 0 saturated carbocycles. The molecule has 16 heavy (non-hydrogen) atoms. The smallest absolute Gasteiger partial charge is 0.0980 e. The van der Waals surface area contributed by atoms with E-state index in [1.807, 2.05) is 0 Å². The molecule has 1 heterocycles. The normalized spacial score (nSPS) is 21.6. The molecule has 1 atom stereocenters. The van der Waals surface area contributed by atoms with Crippen molar-refractivity contribution in [3.8, 4) is 6.07 Å². The predicted molar refractivity (Wildman–Crippen MR) is 67.8 cm³/mol. The van der Waals surface area contributed by atoms with Gasteiger partial charge in [0, 0.05) is 11.0 Å². The minimum atomic E-state index is 0.109. The van der Waals surface area contributed by atoms with Crippen molar-refractivity contribution in [3.63, 3.8) is 0 Å². The highest BCUT2D eigenvalue weighted by atomic mass is 79.9.